The molecule has 40 heavy (non-hydrogen) atoms. The molecule has 184 valence electrons. The Bertz CT molecular complexity index is 2540. The largest absolute Gasteiger partial charge is 0.458 e. The molecule has 0 atom stereocenters. The fraction of sp³-hybridized carbons (Fsp3) is 0. The van der Waals surface area contributed by atoms with E-state index in [9.17, 15) is 0 Å². The first-order chi connectivity index (χ1) is 19.9. The number of fused-ring (bicyclic) bond motifs is 10. The van der Waals surface area contributed by atoms with Gasteiger partial charge < -0.3 is 13.6 Å². The Labute approximate surface area is 227 Å². The minimum atomic E-state index is -0.0222. The van der Waals surface area contributed by atoms with Crippen molar-refractivity contribution in [3.8, 4) is 28.3 Å². The monoisotopic (exact) mass is 511 g/mol. The Kier molecular flexibility index (Phi) is 3.17. The summed E-state index contributed by atoms with van der Waals surface area (Å²) in [6, 6.07) is 34.4. The van der Waals surface area contributed by atoms with Crippen LogP contribution >= 0.6 is 0 Å². The summed E-state index contributed by atoms with van der Waals surface area (Å²) in [5.74, 6) is 1.82. The number of nitrogens with zero attached hydrogens (tertiary/aromatic N) is 3. The third-order valence-corrected chi connectivity index (χ3v) is 9.10. The summed E-state index contributed by atoms with van der Waals surface area (Å²) in [6.45, 7) is -0.0222. The molecule has 2 aromatic heterocycles. The number of hydrogen-bond donors (Lipinski definition) is 0. The summed E-state index contributed by atoms with van der Waals surface area (Å²) in [7, 11) is 0. The van der Waals surface area contributed by atoms with E-state index in [0.717, 1.165) is 50.2 Å². The van der Waals surface area contributed by atoms with Gasteiger partial charge in [0.05, 0.1) is 10.9 Å². The maximum absolute atomic E-state index is 6.99. The lowest BCUT2D eigenvalue weighted by Gasteiger charge is -2.36. The minimum absolute atomic E-state index is 0.0222. The number of hydrogen-bond acceptors (Lipinski definition) is 2. The Hall–Kier alpha value is -5.36. The van der Waals surface area contributed by atoms with E-state index >= 15 is 0 Å². The molecule has 0 saturated heterocycles. The van der Waals surface area contributed by atoms with Crippen LogP contribution in [0.1, 0.15) is 0 Å². The van der Waals surface area contributed by atoms with Gasteiger partial charge in [-0.25, -0.2) is 4.68 Å². The molecule has 0 bridgehead atoms. The van der Waals surface area contributed by atoms with Crippen molar-refractivity contribution in [2.24, 2.45) is 0 Å². The summed E-state index contributed by atoms with van der Waals surface area (Å²) >= 11 is 0. The number of ether oxygens (including phenoxy) is 1. The van der Waals surface area contributed by atoms with Crippen molar-refractivity contribution in [1.82, 2.24) is 13.7 Å². The van der Waals surface area contributed by atoms with Gasteiger partial charge >= 0.3 is 6.85 Å². The Morgan fingerprint density at radius 3 is 2.50 bits per heavy atom. The van der Waals surface area contributed by atoms with Crippen LogP contribution in [0.4, 0.5) is 0 Å². The molecule has 0 spiro atoms. The van der Waals surface area contributed by atoms with Crippen LogP contribution in [0.25, 0.3) is 66.1 Å². The molecule has 11 rings (SSSR count). The summed E-state index contributed by atoms with van der Waals surface area (Å²) < 4.78 is 21.0. The fourth-order valence-corrected chi connectivity index (χ4v) is 7.60. The minimum Gasteiger partial charge on any atom is -0.458 e. The van der Waals surface area contributed by atoms with E-state index in [2.05, 4.69) is 117 Å². The Balaban J connectivity index is 1.51. The van der Waals surface area contributed by atoms with E-state index in [1.807, 2.05) is 6.07 Å². The van der Waals surface area contributed by atoms with Crippen molar-refractivity contribution in [3.05, 3.63) is 109 Å². The van der Waals surface area contributed by atoms with Gasteiger partial charge in [-0.3, -0.25) is 4.52 Å². The molecule has 5 aromatic carbocycles. The number of para-hydroxylation sites is 5. The van der Waals surface area contributed by atoms with Crippen LogP contribution in [0.3, 0.4) is 0 Å². The lowest BCUT2D eigenvalue weighted by atomic mass is 9.46. The molecule has 6 heterocycles. The second kappa shape index (κ2) is 6.44. The van der Waals surface area contributed by atoms with Gasteiger partial charge in [0.25, 0.3) is 0 Å². The first kappa shape index (κ1) is 19.7. The van der Waals surface area contributed by atoms with Crippen LogP contribution in [0.2, 0.25) is 0 Å². The lowest BCUT2D eigenvalue weighted by Crippen LogP contribution is -2.54. The van der Waals surface area contributed by atoms with Crippen molar-refractivity contribution in [2.75, 3.05) is 0 Å². The standard InChI is InChI=1S/C34H18BN3O2/c1-3-13-25-23(11-1)35-29-27(21-9-5-7-19-15-17-36(35)30(19)21)34-32-28(33(29)39-25)22-10-6-8-20-16-18-37(31(20)22)38(32)24-12-2-4-14-26(24)40-34/h1-18H. The molecule has 0 N–H and O–H groups in total. The topological polar surface area (TPSA) is 36.6 Å². The van der Waals surface area contributed by atoms with E-state index in [4.69, 9.17) is 9.15 Å². The highest BCUT2D eigenvalue weighted by molar-refractivity contribution is 6.88. The zero-order valence-corrected chi connectivity index (χ0v) is 21.1. The van der Waals surface area contributed by atoms with Gasteiger partial charge in [-0.1, -0.05) is 66.7 Å². The molecule has 4 aliphatic heterocycles. The van der Waals surface area contributed by atoms with Crippen LogP contribution in [0, 0.1) is 0 Å². The second-order valence-electron chi connectivity index (χ2n) is 11.0. The fourth-order valence-electron chi connectivity index (χ4n) is 7.60. The zero-order chi connectivity index (χ0) is 25.7. The highest BCUT2D eigenvalue weighted by atomic mass is 16.5. The molecule has 6 heteroatoms. The van der Waals surface area contributed by atoms with Crippen LogP contribution in [0.15, 0.2) is 114 Å². The van der Waals surface area contributed by atoms with Crippen molar-refractivity contribution in [1.29, 1.82) is 0 Å². The van der Waals surface area contributed by atoms with Gasteiger partial charge in [-0.15, -0.1) is 0 Å². The van der Waals surface area contributed by atoms with Gasteiger partial charge in [-0.2, -0.15) is 0 Å². The maximum Gasteiger partial charge on any atom is 0.336 e. The molecule has 0 aliphatic carbocycles. The first-order valence-corrected chi connectivity index (χ1v) is 13.6. The zero-order valence-electron chi connectivity index (χ0n) is 21.1. The molecule has 0 fully saturated rings. The third-order valence-electron chi connectivity index (χ3n) is 9.10. The SMILES string of the molecule is c1ccc2c(c1)Oc1c3c(c4oc5ccccc5n5n6ccc7cccc(c1c4-5)c76)-c1cccc4ccn(c14)B23. The van der Waals surface area contributed by atoms with Crippen molar-refractivity contribution >= 4 is 67.0 Å². The van der Waals surface area contributed by atoms with E-state index in [0.29, 0.717) is 0 Å². The summed E-state index contributed by atoms with van der Waals surface area (Å²) in [5, 5.41) is 4.67. The molecular formula is C34H18BN3O2. The molecule has 4 aliphatic rings. The highest BCUT2D eigenvalue weighted by Gasteiger charge is 2.43. The summed E-state index contributed by atoms with van der Waals surface area (Å²) in [5.41, 5.74) is 10.8. The average Bonchev–Trinajstić information content (AvgIpc) is 3.63. The molecule has 0 unspecified atom stereocenters. The van der Waals surface area contributed by atoms with E-state index in [-0.39, 0.29) is 6.85 Å². The van der Waals surface area contributed by atoms with Crippen molar-refractivity contribution < 1.29 is 9.15 Å². The quantitative estimate of drug-likeness (QED) is 0.126. The molecule has 0 radical (unpaired) electrons. The van der Waals surface area contributed by atoms with Gasteiger partial charge in [0, 0.05) is 39.1 Å². The van der Waals surface area contributed by atoms with E-state index in [1.54, 1.807) is 0 Å². The predicted octanol–water partition coefficient (Wildman–Crippen LogP) is 6.92. The van der Waals surface area contributed by atoms with Crippen molar-refractivity contribution in [2.45, 2.75) is 0 Å². The second-order valence-corrected chi connectivity index (χ2v) is 11.0. The number of aromatic nitrogens is 3. The van der Waals surface area contributed by atoms with Gasteiger partial charge in [0.2, 0.25) is 0 Å². The molecular weight excluding hydrogens is 493 g/mol. The number of benzene rings is 5. The van der Waals surface area contributed by atoms with E-state index in [1.165, 1.54) is 38.3 Å². The van der Waals surface area contributed by atoms with Gasteiger partial charge in [0.15, 0.2) is 11.2 Å². The van der Waals surface area contributed by atoms with E-state index < -0.39 is 0 Å². The van der Waals surface area contributed by atoms with Gasteiger partial charge in [-0.05, 0) is 47.4 Å². The lowest BCUT2D eigenvalue weighted by molar-refractivity contribution is 0.491. The molecule has 0 amide bonds. The third kappa shape index (κ3) is 2.04. The van der Waals surface area contributed by atoms with Crippen LogP contribution < -0.4 is 15.7 Å². The predicted molar refractivity (Wildman–Crippen MR) is 161 cm³/mol. The molecule has 7 aromatic rings. The smallest absolute Gasteiger partial charge is 0.336 e. The molecule has 0 saturated carbocycles. The van der Waals surface area contributed by atoms with Crippen LogP contribution in [0.5, 0.6) is 11.5 Å². The maximum atomic E-state index is 6.99. The van der Waals surface area contributed by atoms with Crippen LogP contribution in [-0.4, -0.2) is 20.5 Å². The highest BCUT2D eigenvalue weighted by Crippen LogP contribution is 2.49. The average molecular weight is 511 g/mol. The van der Waals surface area contributed by atoms with Crippen molar-refractivity contribution in [3.63, 3.8) is 0 Å². The Morgan fingerprint density at radius 2 is 1.52 bits per heavy atom. The normalized spacial score (nSPS) is 13.7. The first-order valence-electron chi connectivity index (χ1n) is 13.6. The number of rotatable bonds is 0. The molecule has 5 nitrogen and oxygen atoms in total. The Morgan fingerprint density at radius 1 is 0.700 bits per heavy atom. The van der Waals surface area contributed by atoms with Crippen LogP contribution in [-0.2, 0) is 0 Å². The van der Waals surface area contributed by atoms with Gasteiger partial charge in [0.1, 0.15) is 22.7 Å². The summed E-state index contributed by atoms with van der Waals surface area (Å²) in [6.07, 6.45) is 4.39. The summed E-state index contributed by atoms with van der Waals surface area (Å²) in [4.78, 5) is 0.